The molecule has 3 aromatic rings. The second-order valence-corrected chi connectivity index (χ2v) is 8.60. The summed E-state index contributed by atoms with van der Waals surface area (Å²) in [5.74, 6) is 0.367. The first kappa shape index (κ1) is 21.5. The first-order valence-electron chi connectivity index (χ1n) is 10.3. The Morgan fingerprint density at radius 3 is 2.74 bits per heavy atom. The monoisotopic (exact) mass is 533 g/mol. The lowest BCUT2D eigenvalue weighted by Gasteiger charge is -2.31. The molecule has 1 fully saturated rings. The molecule has 0 unspecified atom stereocenters. The number of piperidine rings is 1. The minimum Gasteiger partial charge on any atom is -0.469 e. The number of likely N-dealkylation sites (tertiary alicyclic amines) is 1. The van der Waals surface area contributed by atoms with E-state index >= 15 is 0 Å². The van der Waals surface area contributed by atoms with Crippen LogP contribution in [0, 0.1) is 9.62 Å². The van der Waals surface area contributed by atoms with Crippen molar-refractivity contribution in [3.8, 4) is 0 Å². The van der Waals surface area contributed by atoms with E-state index in [4.69, 9.17) is 4.74 Å². The first-order chi connectivity index (χ1) is 15.0. The lowest BCUT2D eigenvalue weighted by atomic mass is 9.95. The Balaban J connectivity index is 1.52. The number of fused-ring (bicyclic) bond motifs is 1. The zero-order valence-corrected chi connectivity index (χ0v) is 19.6. The number of carbonyl (C=O) groups is 2. The Kier molecular flexibility index (Phi) is 6.40. The third-order valence-electron chi connectivity index (χ3n) is 5.68. The van der Waals surface area contributed by atoms with Gasteiger partial charge in [-0.15, -0.1) is 0 Å². The van der Waals surface area contributed by atoms with Crippen LogP contribution in [-0.2, 0) is 16.0 Å². The highest BCUT2D eigenvalue weighted by molar-refractivity contribution is 14.1. The fraction of sp³-hybridized carbons (Fsp3) is 0.364. The maximum absolute atomic E-state index is 13.1. The van der Waals surface area contributed by atoms with E-state index in [0.29, 0.717) is 37.3 Å². The summed E-state index contributed by atoms with van der Waals surface area (Å²) in [5.41, 5.74) is 3.27. The lowest BCUT2D eigenvalue weighted by molar-refractivity contribution is -0.146. The van der Waals surface area contributed by atoms with Crippen LogP contribution in [0.1, 0.15) is 35.7 Å². The number of amides is 1. The molecule has 0 aliphatic carbocycles. The van der Waals surface area contributed by atoms with Gasteiger partial charge in [0.05, 0.1) is 19.2 Å². The summed E-state index contributed by atoms with van der Waals surface area (Å²) in [6.07, 6.45) is 7.41. The van der Waals surface area contributed by atoms with Crippen molar-refractivity contribution >= 4 is 51.6 Å². The van der Waals surface area contributed by atoms with Gasteiger partial charge in [-0.1, -0.05) is 6.92 Å². The third kappa shape index (κ3) is 4.36. The van der Waals surface area contributed by atoms with E-state index in [1.165, 1.54) is 7.11 Å². The standard InChI is InChI=1S/C22H24IN5O3/c1-3-14-12-16(26-19-20-25-13-18(23)28(20)11-8-24-19)4-5-17(14)21(29)27-9-6-15(7-10-27)22(30)31-2/h4-5,8,11-13,15H,3,6-7,9-10H2,1-2H3,(H,24,26). The molecule has 0 spiro atoms. The van der Waals surface area contributed by atoms with E-state index in [1.807, 2.05) is 40.6 Å². The molecule has 0 atom stereocenters. The van der Waals surface area contributed by atoms with E-state index in [-0.39, 0.29) is 17.8 Å². The fourth-order valence-electron chi connectivity index (χ4n) is 3.94. The summed E-state index contributed by atoms with van der Waals surface area (Å²) >= 11 is 2.23. The van der Waals surface area contributed by atoms with Crippen LogP contribution in [0.15, 0.2) is 36.8 Å². The molecule has 1 aliphatic heterocycles. The number of carbonyl (C=O) groups excluding carboxylic acids is 2. The van der Waals surface area contributed by atoms with Gasteiger partial charge in [-0.2, -0.15) is 0 Å². The van der Waals surface area contributed by atoms with Crippen LogP contribution in [0.3, 0.4) is 0 Å². The number of imidazole rings is 1. The number of benzene rings is 1. The molecule has 4 rings (SSSR count). The van der Waals surface area contributed by atoms with Crippen LogP contribution >= 0.6 is 22.6 Å². The van der Waals surface area contributed by atoms with Crippen molar-refractivity contribution in [2.45, 2.75) is 26.2 Å². The van der Waals surface area contributed by atoms with Crippen LogP contribution in [-0.4, -0.2) is 51.3 Å². The van der Waals surface area contributed by atoms with E-state index in [2.05, 4.69) is 37.9 Å². The zero-order valence-electron chi connectivity index (χ0n) is 17.5. The molecule has 1 amide bonds. The molecular formula is C22H24IN5O3. The van der Waals surface area contributed by atoms with Gasteiger partial charge in [0.25, 0.3) is 5.91 Å². The maximum atomic E-state index is 13.1. The number of aromatic nitrogens is 3. The molecular weight excluding hydrogens is 509 g/mol. The van der Waals surface area contributed by atoms with Gasteiger partial charge in [0.2, 0.25) is 0 Å². The summed E-state index contributed by atoms with van der Waals surface area (Å²) in [6, 6.07) is 5.76. The second kappa shape index (κ2) is 9.21. The molecule has 0 radical (unpaired) electrons. The number of rotatable bonds is 5. The van der Waals surface area contributed by atoms with E-state index in [1.54, 1.807) is 12.4 Å². The average Bonchev–Trinajstić information content (AvgIpc) is 3.20. The van der Waals surface area contributed by atoms with Crippen molar-refractivity contribution in [1.82, 2.24) is 19.3 Å². The van der Waals surface area contributed by atoms with Crippen molar-refractivity contribution in [1.29, 1.82) is 0 Å². The fourth-order valence-corrected chi connectivity index (χ4v) is 4.47. The van der Waals surface area contributed by atoms with Gasteiger partial charge in [-0.05, 0) is 65.6 Å². The normalized spacial score (nSPS) is 14.6. The number of esters is 1. The van der Waals surface area contributed by atoms with Gasteiger partial charge in [0.1, 0.15) is 3.70 Å². The van der Waals surface area contributed by atoms with Crippen molar-refractivity contribution < 1.29 is 14.3 Å². The number of anilines is 2. The van der Waals surface area contributed by atoms with Crippen molar-refractivity contribution in [2.24, 2.45) is 5.92 Å². The highest BCUT2D eigenvalue weighted by Crippen LogP contribution is 2.25. The Morgan fingerprint density at radius 1 is 1.26 bits per heavy atom. The molecule has 8 nitrogen and oxygen atoms in total. The minimum atomic E-state index is -0.187. The quantitative estimate of drug-likeness (QED) is 0.398. The first-order valence-corrected chi connectivity index (χ1v) is 11.3. The maximum Gasteiger partial charge on any atom is 0.308 e. The largest absolute Gasteiger partial charge is 0.469 e. The van der Waals surface area contributed by atoms with Gasteiger partial charge in [0, 0.05) is 36.7 Å². The SMILES string of the molecule is CCc1cc(Nc2nccn3c(I)cnc23)ccc1C(=O)N1CCC(C(=O)OC)CC1. The Labute approximate surface area is 194 Å². The zero-order chi connectivity index (χ0) is 22.0. The Morgan fingerprint density at radius 2 is 2.03 bits per heavy atom. The molecule has 31 heavy (non-hydrogen) atoms. The van der Waals surface area contributed by atoms with E-state index in [9.17, 15) is 9.59 Å². The van der Waals surface area contributed by atoms with Crippen molar-refractivity contribution in [3.05, 3.63) is 51.6 Å². The Bertz CT molecular complexity index is 1120. The number of halogens is 1. The Hall–Kier alpha value is -2.69. The number of hydrogen-bond donors (Lipinski definition) is 1. The number of nitrogens with one attached hydrogen (secondary N) is 1. The molecule has 2 aromatic heterocycles. The second-order valence-electron chi connectivity index (χ2n) is 7.49. The molecule has 1 saturated heterocycles. The molecule has 9 heteroatoms. The van der Waals surface area contributed by atoms with Gasteiger partial charge in [0.15, 0.2) is 11.5 Å². The van der Waals surface area contributed by atoms with Gasteiger partial charge >= 0.3 is 5.97 Å². The van der Waals surface area contributed by atoms with Crippen molar-refractivity contribution in [2.75, 3.05) is 25.5 Å². The number of ether oxygens (including phenoxy) is 1. The number of hydrogen-bond acceptors (Lipinski definition) is 6. The summed E-state index contributed by atoms with van der Waals surface area (Å²) < 4.78 is 7.80. The molecule has 0 bridgehead atoms. The molecule has 3 heterocycles. The van der Waals surface area contributed by atoms with Crippen LogP contribution < -0.4 is 5.32 Å². The number of aryl methyl sites for hydroxylation is 1. The summed E-state index contributed by atoms with van der Waals surface area (Å²) in [6.45, 7) is 3.16. The van der Waals surface area contributed by atoms with Crippen LogP contribution in [0.4, 0.5) is 11.5 Å². The van der Waals surface area contributed by atoms with Crippen LogP contribution in [0.25, 0.3) is 5.65 Å². The number of methoxy groups -OCH3 is 1. The molecule has 162 valence electrons. The van der Waals surface area contributed by atoms with Crippen LogP contribution in [0.5, 0.6) is 0 Å². The van der Waals surface area contributed by atoms with Gasteiger partial charge < -0.3 is 15.0 Å². The minimum absolute atomic E-state index is 0.00903. The highest BCUT2D eigenvalue weighted by atomic mass is 127. The van der Waals surface area contributed by atoms with Crippen LogP contribution in [0.2, 0.25) is 0 Å². The summed E-state index contributed by atoms with van der Waals surface area (Å²) in [7, 11) is 1.41. The van der Waals surface area contributed by atoms with Gasteiger partial charge in [-0.3, -0.25) is 14.0 Å². The summed E-state index contributed by atoms with van der Waals surface area (Å²) in [5, 5.41) is 3.33. The predicted molar refractivity (Wildman–Crippen MR) is 125 cm³/mol. The predicted octanol–water partition coefficient (Wildman–Crippen LogP) is 3.67. The van der Waals surface area contributed by atoms with E-state index < -0.39 is 0 Å². The number of nitrogens with zero attached hydrogens (tertiary/aromatic N) is 4. The topological polar surface area (TPSA) is 88.8 Å². The molecule has 1 aromatic carbocycles. The lowest BCUT2D eigenvalue weighted by Crippen LogP contribution is -2.40. The van der Waals surface area contributed by atoms with E-state index in [0.717, 1.165) is 27.0 Å². The third-order valence-corrected chi connectivity index (χ3v) is 6.48. The molecule has 1 aliphatic rings. The average molecular weight is 533 g/mol. The van der Waals surface area contributed by atoms with Gasteiger partial charge in [-0.25, -0.2) is 9.97 Å². The smallest absolute Gasteiger partial charge is 0.308 e. The highest BCUT2D eigenvalue weighted by Gasteiger charge is 2.29. The van der Waals surface area contributed by atoms with Crippen molar-refractivity contribution in [3.63, 3.8) is 0 Å². The molecule has 1 N–H and O–H groups in total. The summed E-state index contributed by atoms with van der Waals surface area (Å²) in [4.78, 5) is 35.5. The molecule has 0 saturated carbocycles.